The predicted molar refractivity (Wildman–Crippen MR) is 94.6 cm³/mol. The fourth-order valence-electron chi connectivity index (χ4n) is 6.45. The first kappa shape index (κ1) is 17.8. The van der Waals surface area contributed by atoms with Gasteiger partial charge in [0.2, 0.25) is 0 Å². The van der Waals surface area contributed by atoms with Crippen LogP contribution in [0.3, 0.4) is 0 Å². The highest BCUT2D eigenvalue weighted by Gasteiger charge is 2.67. The minimum absolute atomic E-state index is 0.0491. The summed E-state index contributed by atoms with van der Waals surface area (Å²) in [5, 5.41) is 0. The lowest BCUT2D eigenvalue weighted by atomic mass is 9.44. The van der Waals surface area contributed by atoms with E-state index in [-0.39, 0.29) is 34.6 Å². The maximum Gasteiger partial charge on any atom is 0.145 e. The summed E-state index contributed by atoms with van der Waals surface area (Å²) >= 11 is 0. The highest BCUT2D eigenvalue weighted by Crippen LogP contribution is 2.67. The largest absolute Gasteiger partial charge is 0.381 e. The molecule has 3 saturated carbocycles. The number of methoxy groups -OCH3 is 1. The summed E-state index contributed by atoms with van der Waals surface area (Å²) < 4.78 is 5.97. The van der Waals surface area contributed by atoms with E-state index in [0.29, 0.717) is 24.5 Å². The lowest BCUT2D eigenvalue weighted by Crippen LogP contribution is -2.61. The van der Waals surface area contributed by atoms with Gasteiger partial charge in [-0.25, -0.2) is 0 Å². The summed E-state index contributed by atoms with van der Waals surface area (Å²) in [6.45, 7) is 12.6. The molecule has 0 N–H and O–H groups in total. The predicted octanol–water partition coefficient (Wildman–Crippen LogP) is 4.20. The van der Waals surface area contributed by atoms with E-state index in [0.717, 1.165) is 19.3 Å². The van der Waals surface area contributed by atoms with Crippen LogP contribution in [0.25, 0.3) is 0 Å². The molecule has 0 aromatic heterocycles. The van der Waals surface area contributed by atoms with E-state index >= 15 is 0 Å². The van der Waals surface area contributed by atoms with Crippen molar-refractivity contribution in [3.63, 3.8) is 0 Å². The van der Waals surface area contributed by atoms with Crippen LogP contribution in [0.5, 0.6) is 0 Å². The summed E-state index contributed by atoms with van der Waals surface area (Å²) in [6.07, 6.45) is 5.87. The fraction of sp³-hybridized carbons (Fsp3) is 0.810. The van der Waals surface area contributed by atoms with E-state index in [1.807, 2.05) is 13.0 Å². The van der Waals surface area contributed by atoms with Crippen LogP contribution in [0, 0.1) is 34.0 Å². The second kappa shape index (κ2) is 5.52. The van der Waals surface area contributed by atoms with Crippen molar-refractivity contribution in [1.29, 1.82) is 0 Å². The number of ketones is 2. The number of carbonyl (C=O) groups excluding carboxylic acids is 2. The maximum absolute atomic E-state index is 13.4. The van der Waals surface area contributed by atoms with E-state index in [1.54, 1.807) is 7.11 Å². The standard InChI is InChI=1S/C21H32O3/c1-7-19(4)12-16(24-6)20(5)13(2)8-10-21(14(3)18(19)23)11-9-15(22)17(20)21/h7,13-14,16-17H,1,8-12H2,2-6H3/t13-,14+,16-,17+,19-,20-,21-/m1/s1. The van der Waals surface area contributed by atoms with Crippen molar-refractivity contribution >= 4 is 11.6 Å². The lowest BCUT2D eigenvalue weighted by Gasteiger charge is -2.60. The van der Waals surface area contributed by atoms with E-state index in [9.17, 15) is 9.59 Å². The average Bonchev–Trinajstić information content (AvgIpc) is 2.92. The number of ether oxygens (including phenoxy) is 1. The van der Waals surface area contributed by atoms with E-state index in [1.165, 1.54) is 0 Å². The van der Waals surface area contributed by atoms with Crippen LogP contribution in [0.1, 0.15) is 59.8 Å². The second-order valence-electron chi connectivity index (χ2n) is 9.07. The normalized spacial score (nSPS) is 51.7. The minimum Gasteiger partial charge on any atom is -0.381 e. The van der Waals surface area contributed by atoms with Gasteiger partial charge in [0.1, 0.15) is 11.6 Å². The third-order valence-electron chi connectivity index (χ3n) is 8.32. The van der Waals surface area contributed by atoms with Crippen LogP contribution >= 0.6 is 0 Å². The molecule has 134 valence electrons. The van der Waals surface area contributed by atoms with Crippen molar-refractivity contribution in [2.75, 3.05) is 7.11 Å². The van der Waals surface area contributed by atoms with Crippen LogP contribution in [-0.4, -0.2) is 24.8 Å². The second-order valence-corrected chi connectivity index (χ2v) is 9.07. The number of carbonyl (C=O) groups is 2. The first-order chi connectivity index (χ1) is 11.2. The Morgan fingerprint density at radius 1 is 1.21 bits per heavy atom. The van der Waals surface area contributed by atoms with Crippen LogP contribution < -0.4 is 0 Å². The average molecular weight is 332 g/mol. The van der Waals surface area contributed by atoms with Gasteiger partial charge in [-0.15, -0.1) is 6.58 Å². The number of hydrogen-bond acceptors (Lipinski definition) is 3. The molecule has 3 rings (SSSR count). The van der Waals surface area contributed by atoms with Gasteiger partial charge >= 0.3 is 0 Å². The van der Waals surface area contributed by atoms with E-state index in [4.69, 9.17) is 4.74 Å². The molecule has 7 atom stereocenters. The van der Waals surface area contributed by atoms with Crippen molar-refractivity contribution in [2.45, 2.75) is 65.9 Å². The van der Waals surface area contributed by atoms with Gasteiger partial charge < -0.3 is 4.74 Å². The molecule has 0 radical (unpaired) electrons. The Morgan fingerprint density at radius 2 is 1.88 bits per heavy atom. The Bertz CT molecular complexity index is 582. The minimum atomic E-state index is -0.581. The number of allylic oxidation sites excluding steroid dienone is 1. The molecule has 0 amide bonds. The van der Waals surface area contributed by atoms with Crippen molar-refractivity contribution in [1.82, 2.24) is 0 Å². The van der Waals surface area contributed by atoms with Crippen molar-refractivity contribution < 1.29 is 14.3 Å². The van der Waals surface area contributed by atoms with Gasteiger partial charge in [-0.05, 0) is 43.9 Å². The zero-order chi connectivity index (χ0) is 17.9. The van der Waals surface area contributed by atoms with Crippen LogP contribution in [-0.2, 0) is 14.3 Å². The van der Waals surface area contributed by atoms with Gasteiger partial charge in [0, 0.05) is 36.2 Å². The van der Waals surface area contributed by atoms with Crippen LogP contribution in [0.4, 0.5) is 0 Å². The molecule has 3 nitrogen and oxygen atoms in total. The highest BCUT2D eigenvalue weighted by molar-refractivity contribution is 5.92. The van der Waals surface area contributed by atoms with Crippen LogP contribution in [0.2, 0.25) is 0 Å². The molecule has 0 spiro atoms. The summed E-state index contributed by atoms with van der Waals surface area (Å²) in [6, 6.07) is 0. The topological polar surface area (TPSA) is 43.4 Å². The van der Waals surface area contributed by atoms with Gasteiger partial charge in [0.15, 0.2) is 0 Å². The summed E-state index contributed by atoms with van der Waals surface area (Å²) in [5.74, 6) is 0.870. The Morgan fingerprint density at radius 3 is 2.46 bits per heavy atom. The molecule has 3 aliphatic carbocycles. The first-order valence-electron chi connectivity index (χ1n) is 9.41. The van der Waals surface area contributed by atoms with Crippen molar-refractivity contribution in [2.24, 2.45) is 34.0 Å². The molecule has 0 aromatic carbocycles. The van der Waals surface area contributed by atoms with Gasteiger partial charge in [0.25, 0.3) is 0 Å². The first-order valence-corrected chi connectivity index (χ1v) is 9.41. The highest BCUT2D eigenvalue weighted by atomic mass is 16.5. The molecule has 3 aliphatic rings. The van der Waals surface area contributed by atoms with Crippen LogP contribution in [0.15, 0.2) is 12.7 Å². The SMILES string of the molecule is C=C[C@]1(C)C[C@@H](OC)[C@@]2(C)[C@H](C)CC[C@@]3(CCC(=O)[C@H]32)[C@@H](C)C1=O. The van der Waals surface area contributed by atoms with Gasteiger partial charge in [-0.1, -0.05) is 26.8 Å². The van der Waals surface area contributed by atoms with E-state index < -0.39 is 5.41 Å². The molecule has 0 aliphatic heterocycles. The maximum atomic E-state index is 13.4. The molecule has 2 bridgehead atoms. The fourth-order valence-corrected chi connectivity index (χ4v) is 6.45. The Labute approximate surface area is 146 Å². The molecule has 3 heteroatoms. The third-order valence-corrected chi connectivity index (χ3v) is 8.32. The monoisotopic (exact) mass is 332 g/mol. The smallest absolute Gasteiger partial charge is 0.145 e. The van der Waals surface area contributed by atoms with Crippen molar-refractivity contribution in [3.05, 3.63) is 12.7 Å². The Hall–Kier alpha value is -0.960. The molecule has 0 unspecified atom stereocenters. The van der Waals surface area contributed by atoms with E-state index in [2.05, 4.69) is 27.4 Å². The lowest BCUT2D eigenvalue weighted by molar-refractivity contribution is -0.180. The Balaban J connectivity index is 2.24. The molecule has 0 heterocycles. The number of hydrogen-bond donors (Lipinski definition) is 0. The number of rotatable bonds is 2. The third kappa shape index (κ3) is 2.00. The molecule has 24 heavy (non-hydrogen) atoms. The Kier molecular flexibility index (Phi) is 4.11. The summed E-state index contributed by atoms with van der Waals surface area (Å²) in [4.78, 5) is 26.4. The van der Waals surface area contributed by atoms with Crippen molar-refractivity contribution in [3.8, 4) is 0 Å². The molecule has 0 aromatic rings. The number of Topliss-reactive ketones (excluding diaryl/α,β-unsaturated/α-hetero) is 2. The van der Waals surface area contributed by atoms with Gasteiger partial charge in [0.05, 0.1) is 6.10 Å². The molecule has 3 fully saturated rings. The zero-order valence-corrected chi connectivity index (χ0v) is 15.9. The molecule has 0 saturated heterocycles. The quantitative estimate of drug-likeness (QED) is 0.712. The molecular formula is C21H32O3. The molecular weight excluding hydrogens is 300 g/mol. The summed E-state index contributed by atoms with van der Waals surface area (Å²) in [5.41, 5.74) is -0.973. The van der Waals surface area contributed by atoms with Gasteiger partial charge in [-0.3, -0.25) is 9.59 Å². The zero-order valence-electron chi connectivity index (χ0n) is 15.9. The summed E-state index contributed by atoms with van der Waals surface area (Å²) in [7, 11) is 1.73. The van der Waals surface area contributed by atoms with Gasteiger partial charge in [-0.2, -0.15) is 0 Å².